The minimum absolute atomic E-state index is 0.0343. The molecule has 0 saturated carbocycles. The second-order valence-corrected chi connectivity index (χ2v) is 9.32. The van der Waals surface area contributed by atoms with Crippen LogP contribution in [0.5, 0.6) is 17.2 Å². The standard InChI is InChI=1S/C25H31ClN2O5/c1-16(2)13-28(14-18-10-21(26)24-23(11-18)30-8-5-9-31-24)25(29)17(3)27-12-19-6-4-7-22-20(19)15-32-33-22/h4,6-7,10-11,16-17,27H,5,8-9,12-15H2,1-3H3. The van der Waals surface area contributed by atoms with Gasteiger partial charge in [0.2, 0.25) is 5.91 Å². The second kappa shape index (κ2) is 10.6. The number of ether oxygens (including phenoxy) is 2. The van der Waals surface area contributed by atoms with Crippen molar-refractivity contribution in [1.82, 2.24) is 10.2 Å². The van der Waals surface area contributed by atoms with Gasteiger partial charge in [-0.2, -0.15) is 4.89 Å². The molecular formula is C25H31ClN2O5. The van der Waals surface area contributed by atoms with Gasteiger partial charge in [-0.05, 0) is 42.2 Å². The molecule has 1 N–H and O–H groups in total. The largest absolute Gasteiger partial charge is 0.489 e. The van der Waals surface area contributed by atoms with Gasteiger partial charge >= 0.3 is 0 Å². The molecule has 0 saturated heterocycles. The Balaban J connectivity index is 1.45. The first-order valence-corrected chi connectivity index (χ1v) is 11.8. The zero-order valence-electron chi connectivity index (χ0n) is 19.4. The van der Waals surface area contributed by atoms with Gasteiger partial charge in [0.15, 0.2) is 17.2 Å². The molecule has 1 unspecified atom stereocenters. The highest BCUT2D eigenvalue weighted by atomic mass is 35.5. The molecule has 0 aliphatic carbocycles. The van der Waals surface area contributed by atoms with Crippen LogP contribution in [-0.2, 0) is 29.4 Å². The molecular weight excluding hydrogens is 444 g/mol. The number of amides is 1. The summed E-state index contributed by atoms with van der Waals surface area (Å²) in [5, 5.41) is 3.87. The first kappa shape index (κ1) is 23.7. The molecule has 4 rings (SSSR count). The molecule has 1 atom stereocenters. The lowest BCUT2D eigenvalue weighted by Gasteiger charge is -2.28. The zero-order chi connectivity index (χ0) is 23.4. The number of halogens is 1. The van der Waals surface area contributed by atoms with E-state index < -0.39 is 0 Å². The van der Waals surface area contributed by atoms with Crippen molar-refractivity contribution < 1.29 is 24.0 Å². The highest BCUT2D eigenvalue weighted by Gasteiger charge is 2.24. The highest BCUT2D eigenvalue weighted by molar-refractivity contribution is 6.32. The van der Waals surface area contributed by atoms with Crippen LogP contribution in [0.15, 0.2) is 30.3 Å². The summed E-state index contributed by atoms with van der Waals surface area (Å²) in [6.45, 7) is 9.32. The fraction of sp³-hybridized carbons (Fsp3) is 0.480. The normalized spacial score (nSPS) is 15.5. The molecule has 0 spiro atoms. The maximum Gasteiger partial charge on any atom is 0.239 e. The Bertz CT molecular complexity index is 997. The molecule has 2 aliphatic rings. The van der Waals surface area contributed by atoms with E-state index in [-0.39, 0.29) is 11.9 Å². The van der Waals surface area contributed by atoms with Crippen molar-refractivity contribution in [3.05, 3.63) is 52.0 Å². The number of carbonyl (C=O) groups is 1. The lowest BCUT2D eigenvalue weighted by atomic mass is 10.1. The Morgan fingerprint density at radius 1 is 1.15 bits per heavy atom. The maximum absolute atomic E-state index is 13.4. The molecule has 178 valence electrons. The van der Waals surface area contributed by atoms with Gasteiger partial charge in [0.05, 0.1) is 24.3 Å². The molecule has 0 bridgehead atoms. The molecule has 0 fully saturated rings. The number of carbonyl (C=O) groups excluding carboxylic acids is 1. The van der Waals surface area contributed by atoms with Crippen LogP contribution in [-0.4, -0.2) is 36.6 Å². The fourth-order valence-electron chi connectivity index (χ4n) is 4.06. The molecule has 0 aromatic heterocycles. The lowest BCUT2D eigenvalue weighted by molar-refractivity contribution is -0.194. The quantitative estimate of drug-likeness (QED) is 0.568. The molecule has 1 amide bonds. The van der Waals surface area contributed by atoms with Crippen LogP contribution in [0.3, 0.4) is 0 Å². The van der Waals surface area contributed by atoms with E-state index in [1.54, 1.807) is 0 Å². The summed E-state index contributed by atoms with van der Waals surface area (Å²) >= 11 is 6.47. The average Bonchev–Trinajstić information content (AvgIpc) is 3.14. The minimum Gasteiger partial charge on any atom is -0.489 e. The van der Waals surface area contributed by atoms with Crippen molar-refractivity contribution in [3.63, 3.8) is 0 Å². The smallest absolute Gasteiger partial charge is 0.239 e. The van der Waals surface area contributed by atoms with Gasteiger partial charge in [0.25, 0.3) is 0 Å². The summed E-state index contributed by atoms with van der Waals surface area (Å²) in [4.78, 5) is 25.5. The van der Waals surface area contributed by atoms with Crippen LogP contribution in [0.1, 0.15) is 43.9 Å². The molecule has 33 heavy (non-hydrogen) atoms. The first-order chi connectivity index (χ1) is 15.9. The lowest BCUT2D eigenvalue weighted by Crippen LogP contribution is -2.45. The van der Waals surface area contributed by atoms with Crippen LogP contribution >= 0.6 is 11.6 Å². The molecule has 2 aromatic carbocycles. The van der Waals surface area contributed by atoms with Crippen molar-refractivity contribution in [2.75, 3.05) is 19.8 Å². The van der Waals surface area contributed by atoms with E-state index in [0.717, 1.165) is 28.9 Å². The van der Waals surface area contributed by atoms with Gasteiger partial charge in [-0.3, -0.25) is 4.79 Å². The van der Waals surface area contributed by atoms with Crippen LogP contribution in [0.4, 0.5) is 0 Å². The Hall–Kier alpha value is -2.48. The number of rotatable bonds is 8. The molecule has 8 heteroatoms. The van der Waals surface area contributed by atoms with Crippen molar-refractivity contribution in [1.29, 1.82) is 0 Å². The summed E-state index contributed by atoms with van der Waals surface area (Å²) in [7, 11) is 0. The van der Waals surface area contributed by atoms with Gasteiger partial charge < -0.3 is 24.6 Å². The summed E-state index contributed by atoms with van der Waals surface area (Å²) in [5.74, 6) is 2.32. The van der Waals surface area contributed by atoms with Crippen molar-refractivity contribution in [2.24, 2.45) is 5.92 Å². The number of nitrogens with zero attached hydrogens (tertiary/aromatic N) is 1. The number of fused-ring (bicyclic) bond motifs is 2. The van der Waals surface area contributed by atoms with Crippen LogP contribution in [0, 0.1) is 5.92 Å². The summed E-state index contributed by atoms with van der Waals surface area (Å²) in [6, 6.07) is 9.26. The van der Waals surface area contributed by atoms with Crippen molar-refractivity contribution in [3.8, 4) is 17.2 Å². The second-order valence-electron chi connectivity index (χ2n) is 8.91. The molecule has 2 aliphatic heterocycles. The fourth-order valence-corrected chi connectivity index (χ4v) is 4.35. The monoisotopic (exact) mass is 474 g/mol. The van der Waals surface area contributed by atoms with Gasteiger partial charge in [-0.15, -0.1) is 0 Å². The van der Waals surface area contributed by atoms with E-state index in [9.17, 15) is 4.79 Å². The Kier molecular flexibility index (Phi) is 7.63. The van der Waals surface area contributed by atoms with E-state index in [1.807, 2.05) is 42.2 Å². The van der Waals surface area contributed by atoms with Gasteiger partial charge in [0, 0.05) is 31.6 Å². The van der Waals surface area contributed by atoms with Crippen molar-refractivity contribution in [2.45, 2.75) is 52.9 Å². The summed E-state index contributed by atoms with van der Waals surface area (Å²) in [5.41, 5.74) is 3.00. The number of hydrogen-bond acceptors (Lipinski definition) is 6. The van der Waals surface area contributed by atoms with E-state index >= 15 is 0 Å². The molecule has 0 radical (unpaired) electrons. The zero-order valence-corrected chi connectivity index (χ0v) is 20.1. The third kappa shape index (κ3) is 5.72. The molecule has 7 nitrogen and oxygen atoms in total. The molecule has 2 heterocycles. The van der Waals surface area contributed by atoms with E-state index in [4.69, 9.17) is 30.8 Å². The van der Waals surface area contributed by atoms with E-state index in [1.165, 1.54) is 0 Å². The SMILES string of the molecule is CC(C)CN(Cc1cc(Cl)c2c(c1)OCCCO2)C(=O)C(C)NCc1cccc2c1COO2. The summed E-state index contributed by atoms with van der Waals surface area (Å²) < 4.78 is 11.5. The maximum atomic E-state index is 13.4. The third-order valence-corrected chi connectivity index (χ3v) is 5.96. The average molecular weight is 475 g/mol. The predicted octanol–water partition coefficient (Wildman–Crippen LogP) is 4.49. The van der Waals surface area contributed by atoms with E-state index in [2.05, 4.69) is 19.2 Å². The van der Waals surface area contributed by atoms with Crippen molar-refractivity contribution >= 4 is 17.5 Å². The predicted molar refractivity (Wildman–Crippen MR) is 125 cm³/mol. The van der Waals surface area contributed by atoms with Crippen LogP contribution in [0.2, 0.25) is 5.02 Å². The number of benzene rings is 2. The highest BCUT2D eigenvalue weighted by Crippen LogP contribution is 2.38. The summed E-state index contributed by atoms with van der Waals surface area (Å²) in [6.07, 6.45) is 0.810. The Labute approximate surface area is 199 Å². The Morgan fingerprint density at radius 2 is 1.97 bits per heavy atom. The van der Waals surface area contributed by atoms with Gasteiger partial charge in [-0.1, -0.05) is 37.6 Å². The number of nitrogens with one attached hydrogen (secondary N) is 1. The van der Waals surface area contributed by atoms with Crippen LogP contribution < -0.4 is 19.7 Å². The first-order valence-electron chi connectivity index (χ1n) is 11.4. The third-order valence-electron chi connectivity index (χ3n) is 5.68. The van der Waals surface area contributed by atoms with E-state index in [0.29, 0.717) is 61.9 Å². The van der Waals surface area contributed by atoms with Crippen LogP contribution in [0.25, 0.3) is 0 Å². The molecule has 2 aromatic rings. The topological polar surface area (TPSA) is 69.3 Å². The Morgan fingerprint density at radius 3 is 2.79 bits per heavy atom. The van der Waals surface area contributed by atoms with Gasteiger partial charge in [0.1, 0.15) is 6.61 Å². The van der Waals surface area contributed by atoms with Gasteiger partial charge in [-0.25, -0.2) is 0 Å². The number of hydrogen-bond donors (Lipinski definition) is 1. The minimum atomic E-state index is -0.362.